The molecule has 1 aliphatic carbocycles. The summed E-state index contributed by atoms with van der Waals surface area (Å²) >= 11 is 0. The first-order valence-corrected chi connectivity index (χ1v) is 5.37. The highest BCUT2D eigenvalue weighted by Gasteiger charge is 2.30. The van der Waals surface area contributed by atoms with Crippen LogP contribution >= 0.6 is 0 Å². The lowest BCUT2D eigenvalue weighted by Gasteiger charge is -2.40. The lowest BCUT2D eigenvalue weighted by atomic mass is 9.86. The molecule has 4 nitrogen and oxygen atoms in total. The average molecular weight is 206 g/mol. The van der Waals surface area contributed by atoms with Crippen LogP contribution < -0.4 is 5.32 Å². The van der Waals surface area contributed by atoms with Gasteiger partial charge in [0.15, 0.2) is 0 Å². The van der Waals surface area contributed by atoms with Gasteiger partial charge >= 0.3 is 0 Å². The highest BCUT2D eigenvalue weighted by Crippen LogP contribution is 2.26. The van der Waals surface area contributed by atoms with E-state index < -0.39 is 0 Å². The van der Waals surface area contributed by atoms with Crippen LogP contribution in [-0.4, -0.2) is 41.0 Å². The van der Waals surface area contributed by atoms with E-state index in [1.54, 1.807) is 6.33 Å². The molecule has 2 rings (SSSR count). The van der Waals surface area contributed by atoms with Gasteiger partial charge in [0, 0.05) is 23.8 Å². The van der Waals surface area contributed by atoms with Crippen molar-refractivity contribution in [1.29, 1.82) is 0 Å². The van der Waals surface area contributed by atoms with Crippen LogP contribution in [0.4, 0.5) is 5.82 Å². The molecule has 1 aliphatic rings. The molecular weight excluding hydrogens is 188 g/mol. The van der Waals surface area contributed by atoms with Crippen molar-refractivity contribution in [3.05, 3.63) is 18.1 Å². The van der Waals surface area contributed by atoms with E-state index in [9.17, 15) is 0 Å². The monoisotopic (exact) mass is 206 g/mol. The Balaban J connectivity index is 1.85. The Bertz CT molecular complexity index is 331. The first-order valence-electron chi connectivity index (χ1n) is 5.37. The third-order valence-electron chi connectivity index (χ3n) is 3.00. The van der Waals surface area contributed by atoms with Gasteiger partial charge in [-0.1, -0.05) is 0 Å². The number of aromatic nitrogens is 2. The highest BCUT2D eigenvalue weighted by atomic mass is 15.1. The van der Waals surface area contributed by atoms with Crippen molar-refractivity contribution < 1.29 is 0 Å². The van der Waals surface area contributed by atoms with Crippen LogP contribution in [0.3, 0.4) is 0 Å². The molecule has 1 aromatic rings. The van der Waals surface area contributed by atoms with Crippen molar-refractivity contribution in [3.63, 3.8) is 0 Å². The first-order chi connectivity index (χ1) is 7.15. The molecule has 0 amide bonds. The molecule has 1 heterocycles. The van der Waals surface area contributed by atoms with E-state index >= 15 is 0 Å². The van der Waals surface area contributed by atoms with Gasteiger partial charge in [-0.15, -0.1) is 0 Å². The topological polar surface area (TPSA) is 41.0 Å². The molecule has 0 aromatic carbocycles. The van der Waals surface area contributed by atoms with Crippen molar-refractivity contribution in [1.82, 2.24) is 14.9 Å². The molecule has 0 bridgehead atoms. The maximum atomic E-state index is 4.20. The fourth-order valence-corrected chi connectivity index (χ4v) is 1.87. The number of nitrogens with one attached hydrogen (secondary N) is 1. The molecular formula is C11H18N4. The van der Waals surface area contributed by atoms with Crippen LogP contribution in [0.2, 0.25) is 0 Å². The predicted molar refractivity (Wildman–Crippen MR) is 60.9 cm³/mol. The van der Waals surface area contributed by atoms with E-state index in [0.717, 1.165) is 17.6 Å². The van der Waals surface area contributed by atoms with Gasteiger partial charge < -0.3 is 10.2 Å². The Morgan fingerprint density at radius 3 is 2.67 bits per heavy atom. The summed E-state index contributed by atoms with van der Waals surface area (Å²) in [6, 6.07) is 3.29. The molecule has 1 fully saturated rings. The summed E-state index contributed by atoms with van der Waals surface area (Å²) in [5, 5.41) is 3.43. The zero-order valence-electron chi connectivity index (χ0n) is 9.57. The Kier molecular flexibility index (Phi) is 2.86. The minimum atomic E-state index is 0.576. The summed E-state index contributed by atoms with van der Waals surface area (Å²) in [6.45, 7) is 1.98. The molecule has 82 valence electrons. The standard InChI is InChI=1S/C11H18N4/c1-8-4-11(13-7-12-8)14-9-5-10(6-9)15(2)3/h4,7,9-10H,5-6H2,1-3H3,(H,12,13,14)/t9-,10+. The lowest BCUT2D eigenvalue weighted by molar-refractivity contribution is 0.177. The summed E-state index contributed by atoms with van der Waals surface area (Å²) in [7, 11) is 4.27. The molecule has 0 atom stereocenters. The van der Waals surface area contributed by atoms with Gasteiger partial charge in [-0.2, -0.15) is 0 Å². The number of aryl methyl sites for hydroxylation is 1. The Morgan fingerprint density at radius 2 is 2.07 bits per heavy atom. The Hall–Kier alpha value is -1.16. The van der Waals surface area contributed by atoms with E-state index in [1.165, 1.54) is 12.8 Å². The molecule has 1 saturated carbocycles. The number of hydrogen-bond donors (Lipinski definition) is 1. The second-order valence-electron chi connectivity index (χ2n) is 4.47. The van der Waals surface area contributed by atoms with E-state index in [2.05, 4.69) is 34.3 Å². The predicted octanol–water partition coefficient (Wildman–Crippen LogP) is 1.29. The summed E-state index contributed by atoms with van der Waals surface area (Å²) in [5.74, 6) is 0.949. The molecule has 0 aliphatic heterocycles. The van der Waals surface area contributed by atoms with E-state index in [4.69, 9.17) is 0 Å². The number of hydrogen-bond acceptors (Lipinski definition) is 4. The maximum Gasteiger partial charge on any atom is 0.129 e. The molecule has 0 radical (unpaired) electrons. The molecule has 4 heteroatoms. The summed E-state index contributed by atoms with van der Waals surface area (Å²) in [4.78, 5) is 10.6. The summed E-state index contributed by atoms with van der Waals surface area (Å²) < 4.78 is 0. The zero-order valence-corrected chi connectivity index (χ0v) is 9.57. The summed E-state index contributed by atoms with van der Waals surface area (Å²) in [5.41, 5.74) is 1.01. The van der Waals surface area contributed by atoms with Gasteiger partial charge in [0.05, 0.1) is 0 Å². The van der Waals surface area contributed by atoms with Crippen LogP contribution in [0.25, 0.3) is 0 Å². The van der Waals surface area contributed by atoms with Crippen LogP contribution in [0.1, 0.15) is 18.5 Å². The normalized spacial score (nSPS) is 25.1. The van der Waals surface area contributed by atoms with Gasteiger partial charge in [-0.3, -0.25) is 0 Å². The minimum Gasteiger partial charge on any atom is -0.367 e. The van der Waals surface area contributed by atoms with Crippen molar-refractivity contribution >= 4 is 5.82 Å². The SMILES string of the molecule is Cc1cc(N[C@H]2C[C@@H](N(C)C)C2)ncn1. The zero-order chi connectivity index (χ0) is 10.8. The first kappa shape index (κ1) is 10.4. The van der Waals surface area contributed by atoms with Crippen molar-refractivity contribution in [2.24, 2.45) is 0 Å². The number of anilines is 1. The van der Waals surface area contributed by atoms with E-state index in [1.807, 2.05) is 13.0 Å². The smallest absolute Gasteiger partial charge is 0.129 e. The third-order valence-corrected chi connectivity index (χ3v) is 3.00. The summed E-state index contributed by atoms with van der Waals surface area (Å²) in [6.07, 6.45) is 4.02. The molecule has 0 saturated heterocycles. The Labute approximate surface area is 90.7 Å². The second kappa shape index (κ2) is 4.14. The van der Waals surface area contributed by atoms with Crippen LogP contribution in [0.15, 0.2) is 12.4 Å². The average Bonchev–Trinajstić information content (AvgIpc) is 2.10. The quantitative estimate of drug-likeness (QED) is 0.809. The van der Waals surface area contributed by atoms with Gasteiger partial charge in [-0.25, -0.2) is 9.97 Å². The fourth-order valence-electron chi connectivity index (χ4n) is 1.87. The third kappa shape index (κ3) is 2.45. The van der Waals surface area contributed by atoms with Crippen molar-refractivity contribution in [2.45, 2.75) is 31.8 Å². The molecule has 15 heavy (non-hydrogen) atoms. The Morgan fingerprint density at radius 1 is 1.33 bits per heavy atom. The van der Waals surface area contributed by atoms with Crippen molar-refractivity contribution in [3.8, 4) is 0 Å². The lowest BCUT2D eigenvalue weighted by Crippen LogP contribution is -2.47. The molecule has 1 aromatic heterocycles. The van der Waals surface area contributed by atoms with Crippen LogP contribution in [0, 0.1) is 6.92 Å². The van der Waals surface area contributed by atoms with Gasteiger partial charge in [0.2, 0.25) is 0 Å². The van der Waals surface area contributed by atoms with Gasteiger partial charge in [0.25, 0.3) is 0 Å². The molecule has 0 spiro atoms. The highest BCUT2D eigenvalue weighted by molar-refractivity contribution is 5.36. The fraction of sp³-hybridized carbons (Fsp3) is 0.636. The van der Waals surface area contributed by atoms with Crippen LogP contribution in [-0.2, 0) is 0 Å². The number of nitrogens with zero attached hydrogens (tertiary/aromatic N) is 3. The van der Waals surface area contributed by atoms with E-state index in [0.29, 0.717) is 6.04 Å². The maximum absolute atomic E-state index is 4.20. The molecule has 1 N–H and O–H groups in total. The van der Waals surface area contributed by atoms with Crippen LogP contribution in [0.5, 0.6) is 0 Å². The van der Waals surface area contributed by atoms with Crippen molar-refractivity contribution in [2.75, 3.05) is 19.4 Å². The largest absolute Gasteiger partial charge is 0.367 e. The van der Waals surface area contributed by atoms with E-state index in [-0.39, 0.29) is 0 Å². The number of rotatable bonds is 3. The van der Waals surface area contributed by atoms with Gasteiger partial charge in [0.1, 0.15) is 12.1 Å². The molecule has 0 unspecified atom stereocenters. The van der Waals surface area contributed by atoms with Gasteiger partial charge in [-0.05, 0) is 33.9 Å². The second-order valence-corrected chi connectivity index (χ2v) is 4.47. The minimum absolute atomic E-state index is 0.576.